The van der Waals surface area contributed by atoms with Gasteiger partial charge in [-0.25, -0.2) is 17.9 Å². The molecule has 0 saturated carbocycles. The summed E-state index contributed by atoms with van der Waals surface area (Å²) < 4.78 is 72.8. The Bertz CT molecular complexity index is 1290. The smallest absolute Gasteiger partial charge is 0.492 e. The third kappa shape index (κ3) is 10.7. The minimum atomic E-state index is -5.47. The van der Waals surface area contributed by atoms with Gasteiger partial charge in [-0.15, -0.1) is 0 Å². The molecule has 2 amide bonds. The van der Waals surface area contributed by atoms with Gasteiger partial charge in [-0.05, 0) is 71.4 Å². The van der Waals surface area contributed by atoms with E-state index in [1.54, 1.807) is 46.8 Å². The number of sulfonamides is 1. The first-order valence-corrected chi connectivity index (χ1v) is 14.5. The second-order valence-corrected chi connectivity index (χ2v) is 12.3. The molecule has 10 nitrogen and oxygen atoms in total. The number of carbonyl (C=O) groups is 2. The summed E-state index contributed by atoms with van der Waals surface area (Å²) in [6, 6.07) is 7.31. The van der Waals surface area contributed by atoms with Crippen LogP contribution in [0.3, 0.4) is 0 Å². The number of amides is 2. The van der Waals surface area contributed by atoms with E-state index in [0.29, 0.717) is 5.69 Å². The fourth-order valence-corrected chi connectivity index (χ4v) is 4.29. The molecule has 0 aliphatic heterocycles. The number of nitrogens with one attached hydrogen (secondary N) is 1. The van der Waals surface area contributed by atoms with Crippen molar-refractivity contribution in [3.63, 3.8) is 0 Å². The molecule has 1 aromatic carbocycles. The molecular weight excluding hydrogens is 589 g/mol. The zero-order chi connectivity index (χ0) is 31.0. The van der Waals surface area contributed by atoms with E-state index in [9.17, 15) is 31.2 Å². The van der Waals surface area contributed by atoms with Crippen LogP contribution < -0.4 is 14.4 Å². The zero-order valence-electron chi connectivity index (χ0n) is 23.4. The van der Waals surface area contributed by atoms with E-state index in [1.807, 2.05) is 0 Å². The van der Waals surface area contributed by atoms with Gasteiger partial charge in [0.1, 0.15) is 18.0 Å². The Labute approximate surface area is 242 Å². The molecule has 0 aliphatic carbocycles. The van der Waals surface area contributed by atoms with Gasteiger partial charge in [0.2, 0.25) is 0 Å². The highest BCUT2D eigenvalue weighted by Gasteiger charge is 2.45. The van der Waals surface area contributed by atoms with Crippen molar-refractivity contribution in [2.45, 2.75) is 58.2 Å². The number of anilines is 1. The summed E-state index contributed by atoms with van der Waals surface area (Å²) in [7, 11) is -5.47. The highest BCUT2D eigenvalue weighted by atomic mass is 35.5. The lowest BCUT2D eigenvalue weighted by Crippen LogP contribution is -2.41. The lowest BCUT2D eigenvalue weighted by atomic mass is 10.1. The maximum atomic E-state index is 13.2. The van der Waals surface area contributed by atoms with E-state index in [0.717, 1.165) is 0 Å². The third-order valence-electron chi connectivity index (χ3n) is 5.35. The van der Waals surface area contributed by atoms with Crippen molar-refractivity contribution in [3.05, 3.63) is 53.3 Å². The van der Waals surface area contributed by atoms with Crippen LogP contribution in [0, 0.1) is 0 Å². The molecule has 0 unspecified atom stereocenters. The van der Waals surface area contributed by atoms with Crippen molar-refractivity contribution in [1.82, 2.24) is 14.6 Å². The zero-order valence-corrected chi connectivity index (χ0v) is 24.9. The summed E-state index contributed by atoms with van der Waals surface area (Å²) in [5, 5.41) is 0.200. The predicted molar refractivity (Wildman–Crippen MR) is 149 cm³/mol. The number of ether oxygens (including phenoxy) is 2. The summed E-state index contributed by atoms with van der Waals surface area (Å²) in [5.74, 6) is -0.223. The van der Waals surface area contributed by atoms with Crippen LogP contribution in [0.15, 0.2) is 42.7 Å². The fraction of sp³-hybridized carbons (Fsp3) is 0.500. The van der Waals surface area contributed by atoms with E-state index in [-0.39, 0.29) is 48.5 Å². The van der Waals surface area contributed by atoms with Crippen LogP contribution >= 0.6 is 11.6 Å². The Morgan fingerprint density at radius 1 is 1.07 bits per heavy atom. The third-order valence-corrected chi connectivity index (χ3v) is 6.76. The maximum absolute atomic E-state index is 13.2. The van der Waals surface area contributed by atoms with Crippen LogP contribution in [0.4, 0.5) is 23.7 Å². The number of halogens is 4. The Hall–Kier alpha value is -3.10. The molecule has 0 bridgehead atoms. The van der Waals surface area contributed by atoms with E-state index in [4.69, 9.17) is 21.1 Å². The summed E-state index contributed by atoms with van der Waals surface area (Å²) in [4.78, 5) is 32.8. The molecule has 41 heavy (non-hydrogen) atoms. The van der Waals surface area contributed by atoms with Gasteiger partial charge in [0.15, 0.2) is 0 Å². The highest BCUT2D eigenvalue weighted by Crippen LogP contribution is 2.24. The average Bonchev–Trinajstić information content (AvgIpc) is 2.84. The number of aromatic nitrogens is 1. The van der Waals surface area contributed by atoms with Crippen LogP contribution in [0.2, 0.25) is 5.02 Å². The van der Waals surface area contributed by atoms with Crippen molar-refractivity contribution < 1.29 is 40.7 Å². The Balaban J connectivity index is 2.10. The van der Waals surface area contributed by atoms with Crippen molar-refractivity contribution >= 4 is 39.3 Å². The predicted octanol–water partition coefficient (Wildman–Crippen LogP) is 5.24. The number of pyridine rings is 1. The molecular formula is C26H34ClF3N4O6S. The van der Waals surface area contributed by atoms with Crippen LogP contribution in [0.25, 0.3) is 0 Å². The second kappa shape index (κ2) is 14.2. The van der Waals surface area contributed by atoms with Gasteiger partial charge in [0, 0.05) is 42.1 Å². The number of carbonyl (C=O) groups excluding carboxylic acids is 2. The molecule has 228 valence electrons. The summed E-state index contributed by atoms with van der Waals surface area (Å²) in [6.45, 7) is 8.26. The lowest BCUT2D eigenvalue weighted by Gasteiger charge is -2.28. The van der Waals surface area contributed by atoms with Crippen LogP contribution in [0.1, 0.15) is 51.4 Å². The number of rotatable bonds is 12. The molecule has 1 heterocycles. The summed E-state index contributed by atoms with van der Waals surface area (Å²) in [6.07, 6.45) is 2.43. The van der Waals surface area contributed by atoms with E-state index in [1.165, 1.54) is 45.1 Å². The quantitative estimate of drug-likeness (QED) is 0.322. The molecule has 0 aliphatic rings. The fourth-order valence-electron chi connectivity index (χ4n) is 3.49. The normalized spacial score (nSPS) is 12.2. The minimum absolute atomic E-state index is 0.0166. The number of alkyl halides is 3. The lowest BCUT2D eigenvalue weighted by molar-refractivity contribution is -0.0448. The van der Waals surface area contributed by atoms with Crippen LogP contribution in [0.5, 0.6) is 5.75 Å². The summed E-state index contributed by atoms with van der Waals surface area (Å²) >= 11 is 6.23. The number of benzene rings is 1. The first kappa shape index (κ1) is 34.1. The molecule has 1 aromatic heterocycles. The number of nitrogens with zero attached hydrogens (tertiary/aromatic N) is 3. The summed E-state index contributed by atoms with van der Waals surface area (Å²) in [5.41, 5.74) is -5.43. The van der Waals surface area contributed by atoms with Crippen molar-refractivity contribution in [2.24, 2.45) is 0 Å². The maximum Gasteiger partial charge on any atom is 0.511 e. The molecule has 0 atom stereocenters. The molecule has 2 aromatic rings. The number of hydrogen-bond donors (Lipinski definition) is 1. The second-order valence-electron chi connectivity index (χ2n) is 10.2. The van der Waals surface area contributed by atoms with E-state index >= 15 is 0 Å². The molecule has 0 spiro atoms. The van der Waals surface area contributed by atoms with Crippen molar-refractivity contribution in [2.75, 3.05) is 31.1 Å². The Kier molecular flexibility index (Phi) is 11.8. The van der Waals surface area contributed by atoms with Gasteiger partial charge in [0.25, 0.3) is 5.91 Å². The van der Waals surface area contributed by atoms with Crippen molar-refractivity contribution in [3.8, 4) is 5.75 Å². The van der Waals surface area contributed by atoms with Crippen LogP contribution in [-0.2, 0) is 14.8 Å². The Morgan fingerprint density at radius 3 is 2.27 bits per heavy atom. The van der Waals surface area contributed by atoms with Gasteiger partial charge in [-0.1, -0.05) is 11.6 Å². The first-order chi connectivity index (χ1) is 18.9. The number of hydrogen-bond acceptors (Lipinski definition) is 7. The first-order valence-electron chi connectivity index (χ1n) is 12.6. The van der Waals surface area contributed by atoms with Gasteiger partial charge in [-0.3, -0.25) is 14.7 Å². The molecule has 1 N–H and O–H groups in total. The average molecular weight is 623 g/mol. The van der Waals surface area contributed by atoms with E-state index < -0.39 is 39.7 Å². The SMILES string of the molecule is CC(C)N(CCCNS(=O)(=O)C(F)(F)F)C(=O)c1cc(Cl)cc(OCCN(C(=O)OC(C)(C)C)c2ccncc2)c1. The largest absolute Gasteiger partial charge is 0.511 e. The highest BCUT2D eigenvalue weighted by molar-refractivity contribution is 7.90. The molecule has 2 rings (SSSR count). The van der Waals surface area contributed by atoms with Gasteiger partial charge in [0.05, 0.1) is 12.2 Å². The molecule has 0 fully saturated rings. The van der Waals surface area contributed by atoms with Crippen molar-refractivity contribution in [1.29, 1.82) is 0 Å². The van der Waals surface area contributed by atoms with Gasteiger partial charge < -0.3 is 14.4 Å². The molecule has 0 saturated heterocycles. The van der Waals surface area contributed by atoms with Crippen LogP contribution in [-0.4, -0.2) is 73.7 Å². The molecule has 15 heteroatoms. The topological polar surface area (TPSA) is 118 Å². The monoisotopic (exact) mass is 622 g/mol. The van der Waals surface area contributed by atoms with Gasteiger partial charge >= 0.3 is 21.6 Å². The minimum Gasteiger partial charge on any atom is -0.492 e. The van der Waals surface area contributed by atoms with Gasteiger partial charge in [-0.2, -0.15) is 13.2 Å². The standard InChI is InChI=1S/C26H34ClF3N4O6S/c1-18(2)33(12-6-9-32-41(37,38)26(28,29)30)23(35)19-15-20(27)17-22(16-19)39-14-13-34(21-7-10-31-11-8-21)24(36)40-25(3,4)5/h7-8,10-11,15-18,32H,6,9,12-14H2,1-5H3. The Morgan fingerprint density at radius 2 is 1.71 bits per heavy atom. The molecule has 0 radical (unpaired) electrons. The van der Waals surface area contributed by atoms with E-state index in [2.05, 4.69) is 4.98 Å².